The highest BCUT2D eigenvalue weighted by atomic mass is 35.5. The number of halogens is 2. The average molecular weight is 226 g/mol. The monoisotopic (exact) mass is 225 g/mol. The van der Waals surface area contributed by atoms with Crippen LogP contribution in [-0.4, -0.2) is 14.8 Å². The molecule has 2 aromatic rings. The van der Waals surface area contributed by atoms with E-state index in [2.05, 4.69) is 10.1 Å². The van der Waals surface area contributed by atoms with Gasteiger partial charge in [0.25, 0.3) is 0 Å². The van der Waals surface area contributed by atoms with E-state index in [9.17, 15) is 4.39 Å². The molecule has 0 fully saturated rings. The van der Waals surface area contributed by atoms with Crippen LogP contribution >= 0.6 is 11.6 Å². The van der Waals surface area contributed by atoms with Crippen LogP contribution in [0.3, 0.4) is 0 Å². The van der Waals surface area contributed by atoms with Crippen molar-refractivity contribution in [2.45, 2.75) is 6.92 Å². The van der Waals surface area contributed by atoms with Crippen LogP contribution in [0, 0.1) is 12.9 Å². The molecule has 0 amide bonds. The summed E-state index contributed by atoms with van der Waals surface area (Å²) < 4.78 is 15.1. The highest BCUT2D eigenvalue weighted by molar-refractivity contribution is 6.30. The van der Waals surface area contributed by atoms with Crippen molar-refractivity contribution in [2.75, 3.05) is 0 Å². The van der Waals surface area contributed by atoms with Gasteiger partial charge in [0.1, 0.15) is 0 Å². The molecular formula is C10H9ClFN3. The van der Waals surface area contributed by atoms with Crippen LogP contribution in [0.4, 0.5) is 4.39 Å². The number of hydrogen-bond acceptors (Lipinski definition) is 2. The average Bonchev–Trinajstić information content (AvgIpc) is 2.50. The number of hydrogen-bond donors (Lipinski definition) is 0. The minimum Gasteiger partial charge on any atom is -0.275 e. The van der Waals surface area contributed by atoms with E-state index >= 15 is 0 Å². The summed E-state index contributed by atoms with van der Waals surface area (Å²) in [5, 5.41) is 4.55. The van der Waals surface area contributed by atoms with E-state index in [0.717, 1.165) is 5.69 Å². The Hall–Kier alpha value is -1.42. The zero-order chi connectivity index (χ0) is 11.0. The van der Waals surface area contributed by atoms with Gasteiger partial charge in [-0.1, -0.05) is 11.6 Å². The highest BCUT2D eigenvalue weighted by Crippen LogP contribution is 2.26. The van der Waals surface area contributed by atoms with Gasteiger partial charge in [-0.15, -0.1) is 0 Å². The Kier molecular flexibility index (Phi) is 2.44. The molecule has 2 aromatic heterocycles. The normalized spacial score (nSPS) is 10.7. The number of pyridine rings is 1. The third-order valence-corrected chi connectivity index (χ3v) is 2.32. The summed E-state index contributed by atoms with van der Waals surface area (Å²) in [6.07, 6.45) is 3.03. The third kappa shape index (κ3) is 1.85. The Morgan fingerprint density at radius 3 is 2.73 bits per heavy atom. The molecule has 0 aliphatic carbocycles. The van der Waals surface area contributed by atoms with Crippen molar-refractivity contribution < 1.29 is 4.39 Å². The van der Waals surface area contributed by atoms with Gasteiger partial charge in [0.05, 0.1) is 10.7 Å². The smallest absolute Gasteiger partial charge is 0.220 e. The molecule has 5 heteroatoms. The first kappa shape index (κ1) is 10.1. The fraction of sp³-hybridized carbons (Fsp3) is 0.200. The van der Waals surface area contributed by atoms with Gasteiger partial charge in [0.15, 0.2) is 0 Å². The molecular weight excluding hydrogens is 217 g/mol. The second-order valence-electron chi connectivity index (χ2n) is 3.29. The van der Waals surface area contributed by atoms with Crippen molar-refractivity contribution in [3.05, 3.63) is 35.1 Å². The second-order valence-corrected chi connectivity index (χ2v) is 3.73. The van der Waals surface area contributed by atoms with E-state index in [1.54, 1.807) is 24.0 Å². The van der Waals surface area contributed by atoms with Crippen molar-refractivity contribution in [2.24, 2.45) is 7.05 Å². The lowest BCUT2D eigenvalue weighted by Gasteiger charge is -2.00. The summed E-state index contributed by atoms with van der Waals surface area (Å²) in [7, 11) is 1.78. The van der Waals surface area contributed by atoms with Crippen molar-refractivity contribution >= 4 is 11.6 Å². The van der Waals surface area contributed by atoms with E-state index in [4.69, 9.17) is 11.6 Å². The lowest BCUT2D eigenvalue weighted by Crippen LogP contribution is -1.89. The molecule has 0 aliphatic heterocycles. The first-order chi connectivity index (χ1) is 7.08. The molecule has 2 heterocycles. The van der Waals surface area contributed by atoms with Gasteiger partial charge in [-0.05, 0) is 13.0 Å². The van der Waals surface area contributed by atoms with Gasteiger partial charge in [-0.2, -0.15) is 9.49 Å². The van der Waals surface area contributed by atoms with Gasteiger partial charge < -0.3 is 0 Å². The number of aromatic nitrogens is 3. The maximum atomic E-state index is 13.4. The van der Waals surface area contributed by atoms with Gasteiger partial charge in [-0.3, -0.25) is 4.68 Å². The molecule has 0 N–H and O–H groups in total. The molecule has 2 rings (SSSR count). The zero-order valence-electron chi connectivity index (χ0n) is 8.33. The van der Waals surface area contributed by atoms with Crippen molar-refractivity contribution in [1.29, 1.82) is 0 Å². The summed E-state index contributed by atoms with van der Waals surface area (Å²) in [5.74, 6) is -0.532. The Bertz CT molecular complexity index is 507. The molecule has 0 atom stereocenters. The fourth-order valence-electron chi connectivity index (χ4n) is 1.48. The molecule has 0 saturated carbocycles. The Balaban J connectivity index is 2.62. The largest absolute Gasteiger partial charge is 0.275 e. The Morgan fingerprint density at radius 2 is 2.13 bits per heavy atom. The van der Waals surface area contributed by atoms with Crippen molar-refractivity contribution in [3.8, 4) is 11.1 Å². The molecule has 0 radical (unpaired) electrons. The maximum Gasteiger partial charge on any atom is 0.220 e. The topological polar surface area (TPSA) is 30.7 Å². The quantitative estimate of drug-likeness (QED) is 0.699. The van der Waals surface area contributed by atoms with Crippen LogP contribution < -0.4 is 0 Å². The van der Waals surface area contributed by atoms with E-state index in [0.29, 0.717) is 16.1 Å². The first-order valence-corrected chi connectivity index (χ1v) is 4.77. The van der Waals surface area contributed by atoms with Crippen LogP contribution in [0.2, 0.25) is 5.02 Å². The predicted molar refractivity (Wildman–Crippen MR) is 56.1 cm³/mol. The predicted octanol–water partition coefficient (Wildman–Crippen LogP) is 2.58. The van der Waals surface area contributed by atoms with Gasteiger partial charge in [-0.25, -0.2) is 4.98 Å². The van der Waals surface area contributed by atoms with Gasteiger partial charge in [0.2, 0.25) is 5.95 Å². The van der Waals surface area contributed by atoms with Crippen LogP contribution in [0.1, 0.15) is 5.69 Å². The van der Waals surface area contributed by atoms with Crippen LogP contribution in [0.25, 0.3) is 11.1 Å². The molecule has 78 valence electrons. The summed E-state index contributed by atoms with van der Waals surface area (Å²) in [6.45, 7) is 1.82. The summed E-state index contributed by atoms with van der Waals surface area (Å²) in [5.41, 5.74) is 1.85. The third-order valence-electron chi connectivity index (χ3n) is 2.11. The first-order valence-electron chi connectivity index (χ1n) is 4.39. The van der Waals surface area contributed by atoms with E-state index in [-0.39, 0.29) is 0 Å². The molecule has 0 aliphatic rings. The SMILES string of the molecule is Cc1nn(C)cc1-c1cc(Cl)cnc1F. The van der Waals surface area contributed by atoms with Crippen molar-refractivity contribution in [1.82, 2.24) is 14.8 Å². The molecule has 0 bridgehead atoms. The Morgan fingerprint density at radius 1 is 1.40 bits per heavy atom. The van der Waals surface area contributed by atoms with Crippen LogP contribution in [0.5, 0.6) is 0 Å². The van der Waals surface area contributed by atoms with Crippen molar-refractivity contribution in [3.63, 3.8) is 0 Å². The van der Waals surface area contributed by atoms with Gasteiger partial charge in [0, 0.05) is 30.6 Å². The van der Waals surface area contributed by atoms with Gasteiger partial charge >= 0.3 is 0 Å². The summed E-state index contributed by atoms with van der Waals surface area (Å²) >= 11 is 5.77. The Labute approximate surface area is 91.5 Å². The molecule has 0 unspecified atom stereocenters. The number of rotatable bonds is 1. The standard InChI is InChI=1S/C10H9ClFN3/c1-6-9(5-15(2)14-6)8-3-7(11)4-13-10(8)12/h3-5H,1-2H3. The second kappa shape index (κ2) is 3.62. The van der Waals surface area contributed by atoms with Crippen LogP contribution in [0.15, 0.2) is 18.5 Å². The number of nitrogens with zero attached hydrogens (tertiary/aromatic N) is 3. The fourth-order valence-corrected chi connectivity index (χ4v) is 1.63. The van der Waals surface area contributed by atoms with E-state index in [1.807, 2.05) is 6.92 Å². The molecule has 0 aromatic carbocycles. The molecule has 3 nitrogen and oxygen atoms in total. The van der Waals surface area contributed by atoms with E-state index in [1.165, 1.54) is 6.20 Å². The zero-order valence-corrected chi connectivity index (χ0v) is 9.09. The van der Waals surface area contributed by atoms with Crippen LogP contribution in [-0.2, 0) is 7.05 Å². The summed E-state index contributed by atoms with van der Waals surface area (Å²) in [6, 6.07) is 1.55. The lowest BCUT2D eigenvalue weighted by atomic mass is 10.1. The minimum atomic E-state index is -0.532. The molecule has 0 spiro atoms. The summed E-state index contributed by atoms with van der Waals surface area (Å²) in [4.78, 5) is 3.57. The lowest BCUT2D eigenvalue weighted by molar-refractivity contribution is 0.587. The van der Waals surface area contributed by atoms with E-state index < -0.39 is 5.95 Å². The molecule has 15 heavy (non-hydrogen) atoms. The molecule has 0 saturated heterocycles. The minimum absolute atomic E-state index is 0.383. The maximum absolute atomic E-state index is 13.4. The number of aryl methyl sites for hydroxylation is 2. The highest BCUT2D eigenvalue weighted by Gasteiger charge is 2.12.